The largest absolute Gasteiger partial charge is 0.397 e. The Hall–Kier alpha value is -1.55. The van der Waals surface area contributed by atoms with E-state index in [1.807, 2.05) is 38.1 Å². The molecule has 1 aromatic heterocycles. The van der Waals surface area contributed by atoms with Gasteiger partial charge in [-0.15, -0.1) is 0 Å². The van der Waals surface area contributed by atoms with Gasteiger partial charge in [0, 0.05) is 10.7 Å². The number of anilines is 3. The molecule has 3 nitrogen and oxygen atoms in total. The fraction of sp³-hybridized carbons (Fsp3) is 0.154. The van der Waals surface area contributed by atoms with Gasteiger partial charge < -0.3 is 11.1 Å². The van der Waals surface area contributed by atoms with Crippen molar-refractivity contribution in [1.82, 2.24) is 4.98 Å². The minimum atomic E-state index is 0.731. The Morgan fingerprint density at radius 3 is 2.65 bits per heavy atom. The molecule has 3 N–H and O–H groups in total. The molecule has 0 aliphatic heterocycles. The summed E-state index contributed by atoms with van der Waals surface area (Å²) in [5.41, 5.74) is 9.78. The fourth-order valence-corrected chi connectivity index (χ4v) is 2.10. The number of benzene rings is 1. The molecular weight excluding hydrogens is 278 g/mol. The third-order valence-corrected chi connectivity index (χ3v) is 3.03. The summed E-state index contributed by atoms with van der Waals surface area (Å²) in [5, 5.41) is 3.28. The smallest absolute Gasteiger partial charge is 0.133 e. The molecule has 4 heteroatoms. The van der Waals surface area contributed by atoms with E-state index in [1.54, 1.807) is 6.20 Å². The number of pyridine rings is 1. The van der Waals surface area contributed by atoms with Gasteiger partial charge in [0.25, 0.3) is 0 Å². The van der Waals surface area contributed by atoms with Gasteiger partial charge in [0.1, 0.15) is 5.82 Å². The minimum Gasteiger partial charge on any atom is -0.397 e. The van der Waals surface area contributed by atoms with Crippen LogP contribution in [0.2, 0.25) is 0 Å². The van der Waals surface area contributed by atoms with Crippen molar-refractivity contribution in [2.45, 2.75) is 13.8 Å². The van der Waals surface area contributed by atoms with Gasteiger partial charge >= 0.3 is 0 Å². The van der Waals surface area contributed by atoms with Gasteiger partial charge in [-0.1, -0.05) is 12.1 Å². The first-order valence-electron chi connectivity index (χ1n) is 5.32. The van der Waals surface area contributed by atoms with Gasteiger partial charge in [-0.05, 0) is 53.0 Å². The van der Waals surface area contributed by atoms with Crippen LogP contribution in [0.1, 0.15) is 11.1 Å². The zero-order valence-corrected chi connectivity index (χ0v) is 11.4. The zero-order valence-electron chi connectivity index (χ0n) is 9.79. The van der Waals surface area contributed by atoms with Crippen LogP contribution in [-0.2, 0) is 0 Å². The van der Waals surface area contributed by atoms with Gasteiger partial charge in [0.15, 0.2) is 0 Å². The van der Waals surface area contributed by atoms with Crippen LogP contribution in [0.4, 0.5) is 17.2 Å². The van der Waals surface area contributed by atoms with Crippen LogP contribution in [-0.4, -0.2) is 4.98 Å². The molecule has 2 rings (SSSR count). The quantitative estimate of drug-likeness (QED) is 0.828. The molecule has 2 aromatic rings. The molecule has 0 unspecified atom stereocenters. The van der Waals surface area contributed by atoms with Crippen LogP contribution in [0, 0.1) is 13.8 Å². The maximum absolute atomic E-state index is 5.95. The summed E-state index contributed by atoms with van der Waals surface area (Å²) < 4.78 is 0.971. The number of para-hydroxylation sites is 1. The highest BCUT2D eigenvalue weighted by Crippen LogP contribution is 2.27. The zero-order chi connectivity index (χ0) is 12.4. The first kappa shape index (κ1) is 11.9. The summed E-state index contributed by atoms with van der Waals surface area (Å²) in [7, 11) is 0. The van der Waals surface area contributed by atoms with Gasteiger partial charge in [-0.25, -0.2) is 4.98 Å². The highest BCUT2D eigenvalue weighted by Gasteiger charge is 2.06. The Bertz CT molecular complexity index is 532. The first-order valence-corrected chi connectivity index (χ1v) is 6.11. The molecule has 1 aromatic carbocycles. The second-order valence-corrected chi connectivity index (χ2v) is 4.90. The fourth-order valence-electron chi connectivity index (χ4n) is 1.65. The number of hydrogen-bond donors (Lipinski definition) is 2. The van der Waals surface area contributed by atoms with E-state index in [4.69, 9.17) is 5.73 Å². The van der Waals surface area contributed by atoms with Crippen LogP contribution in [0.5, 0.6) is 0 Å². The van der Waals surface area contributed by atoms with Crippen molar-refractivity contribution in [3.8, 4) is 0 Å². The average Bonchev–Trinajstić information content (AvgIpc) is 2.26. The van der Waals surface area contributed by atoms with E-state index in [0.29, 0.717) is 0 Å². The molecule has 0 aliphatic carbocycles. The molecule has 0 atom stereocenters. The van der Waals surface area contributed by atoms with Crippen LogP contribution < -0.4 is 11.1 Å². The predicted molar refractivity (Wildman–Crippen MR) is 75.5 cm³/mol. The topological polar surface area (TPSA) is 50.9 Å². The highest BCUT2D eigenvalue weighted by atomic mass is 79.9. The van der Waals surface area contributed by atoms with E-state index in [1.165, 1.54) is 0 Å². The Balaban J connectivity index is 2.38. The van der Waals surface area contributed by atoms with Crippen molar-refractivity contribution >= 4 is 33.1 Å². The van der Waals surface area contributed by atoms with Crippen LogP contribution in [0.3, 0.4) is 0 Å². The normalized spacial score (nSPS) is 10.3. The molecule has 0 saturated heterocycles. The third kappa shape index (κ3) is 2.58. The number of aromatic nitrogens is 1. The lowest BCUT2D eigenvalue weighted by Crippen LogP contribution is -2.01. The lowest BCUT2D eigenvalue weighted by molar-refractivity contribution is 1.24. The number of halogens is 1. The van der Waals surface area contributed by atoms with E-state index in [-0.39, 0.29) is 0 Å². The Morgan fingerprint density at radius 1 is 1.24 bits per heavy atom. The molecule has 0 fully saturated rings. The Morgan fingerprint density at radius 2 is 2.00 bits per heavy atom. The molecule has 0 radical (unpaired) electrons. The Kier molecular flexibility index (Phi) is 3.33. The second-order valence-electron chi connectivity index (χ2n) is 3.98. The lowest BCUT2D eigenvalue weighted by Gasteiger charge is -2.13. The molecule has 0 spiro atoms. The average molecular weight is 292 g/mol. The first-order chi connectivity index (χ1) is 8.08. The van der Waals surface area contributed by atoms with Gasteiger partial charge in [-0.2, -0.15) is 0 Å². The number of nitrogens with zero attached hydrogens (tertiary/aromatic N) is 1. The van der Waals surface area contributed by atoms with Crippen molar-refractivity contribution in [1.29, 1.82) is 0 Å². The molecule has 0 amide bonds. The summed E-state index contributed by atoms with van der Waals surface area (Å²) in [5.74, 6) is 0.828. The standard InChI is InChI=1S/C13H14BrN3/c1-8-4-3-5-11(15)12(8)17-13-9(2)6-10(14)7-16-13/h3-7H,15H2,1-2H3,(H,16,17). The predicted octanol–water partition coefficient (Wildman–Crippen LogP) is 3.79. The number of nitrogen functional groups attached to an aromatic ring is 1. The maximum Gasteiger partial charge on any atom is 0.133 e. The molecule has 0 bridgehead atoms. The minimum absolute atomic E-state index is 0.731. The van der Waals surface area contributed by atoms with E-state index in [0.717, 1.165) is 32.8 Å². The molecular formula is C13H14BrN3. The monoisotopic (exact) mass is 291 g/mol. The molecule has 1 heterocycles. The number of rotatable bonds is 2. The van der Waals surface area contributed by atoms with Crippen molar-refractivity contribution in [2.75, 3.05) is 11.1 Å². The lowest BCUT2D eigenvalue weighted by atomic mass is 10.1. The summed E-state index contributed by atoms with van der Waals surface area (Å²) in [4.78, 5) is 4.34. The van der Waals surface area contributed by atoms with E-state index < -0.39 is 0 Å². The van der Waals surface area contributed by atoms with E-state index in [2.05, 4.69) is 26.2 Å². The van der Waals surface area contributed by atoms with E-state index in [9.17, 15) is 0 Å². The van der Waals surface area contributed by atoms with Crippen LogP contribution >= 0.6 is 15.9 Å². The van der Waals surface area contributed by atoms with Crippen LogP contribution in [0.15, 0.2) is 34.9 Å². The number of nitrogens with one attached hydrogen (secondary N) is 1. The van der Waals surface area contributed by atoms with Gasteiger partial charge in [0.05, 0.1) is 11.4 Å². The van der Waals surface area contributed by atoms with Crippen molar-refractivity contribution < 1.29 is 0 Å². The van der Waals surface area contributed by atoms with Crippen molar-refractivity contribution in [3.05, 3.63) is 46.1 Å². The van der Waals surface area contributed by atoms with Crippen molar-refractivity contribution in [3.63, 3.8) is 0 Å². The summed E-state index contributed by atoms with van der Waals surface area (Å²) in [6.45, 7) is 4.03. The molecule has 17 heavy (non-hydrogen) atoms. The molecule has 0 saturated carbocycles. The molecule has 88 valence electrons. The van der Waals surface area contributed by atoms with Crippen molar-refractivity contribution in [2.24, 2.45) is 0 Å². The van der Waals surface area contributed by atoms with Crippen LogP contribution in [0.25, 0.3) is 0 Å². The summed E-state index contributed by atoms with van der Waals surface area (Å²) >= 11 is 3.40. The summed E-state index contributed by atoms with van der Waals surface area (Å²) in [6.07, 6.45) is 1.77. The van der Waals surface area contributed by atoms with E-state index >= 15 is 0 Å². The number of hydrogen-bond acceptors (Lipinski definition) is 3. The maximum atomic E-state index is 5.95. The SMILES string of the molecule is Cc1cc(Br)cnc1Nc1c(C)cccc1N. The Labute approximate surface area is 109 Å². The molecule has 0 aliphatic rings. The van der Waals surface area contributed by atoms with Gasteiger partial charge in [-0.3, -0.25) is 0 Å². The third-order valence-electron chi connectivity index (χ3n) is 2.59. The highest BCUT2D eigenvalue weighted by molar-refractivity contribution is 9.10. The second kappa shape index (κ2) is 4.75. The van der Waals surface area contributed by atoms with Gasteiger partial charge in [0.2, 0.25) is 0 Å². The summed E-state index contributed by atoms with van der Waals surface area (Å²) in [6, 6.07) is 7.86. The number of aryl methyl sites for hydroxylation is 2. The number of nitrogens with two attached hydrogens (primary N) is 1.